The third kappa shape index (κ3) is 3.85. The van der Waals surface area contributed by atoms with E-state index in [9.17, 15) is 0 Å². The summed E-state index contributed by atoms with van der Waals surface area (Å²) in [6.07, 6.45) is 8.30. The van der Waals surface area contributed by atoms with Gasteiger partial charge in [0.25, 0.3) is 0 Å². The van der Waals surface area contributed by atoms with Gasteiger partial charge in [-0.2, -0.15) is 0 Å². The van der Waals surface area contributed by atoms with Gasteiger partial charge in [0.15, 0.2) is 0 Å². The Morgan fingerprint density at radius 1 is 1.22 bits per heavy atom. The van der Waals surface area contributed by atoms with Crippen molar-refractivity contribution >= 4 is 5.96 Å². The van der Waals surface area contributed by atoms with Crippen molar-refractivity contribution in [2.24, 2.45) is 10.8 Å². The maximum absolute atomic E-state index is 5.59. The molecule has 0 radical (unpaired) electrons. The third-order valence-electron chi connectivity index (χ3n) is 4.04. The maximum Gasteiger partial charge on any atom is 0.206 e. The number of rotatable bonds is 2. The highest BCUT2D eigenvalue weighted by Crippen LogP contribution is 2.22. The van der Waals surface area contributed by atoms with E-state index in [1.807, 2.05) is 0 Å². The first-order valence-electron chi connectivity index (χ1n) is 7.12. The predicted octanol–water partition coefficient (Wildman–Crippen LogP) is 1.30. The molecule has 1 saturated carbocycles. The fourth-order valence-corrected chi connectivity index (χ4v) is 2.73. The molecular formula is C13H26N4O. The summed E-state index contributed by atoms with van der Waals surface area (Å²) >= 11 is 0. The Labute approximate surface area is 110 Å². The van der Waals surface area contributed by atoms with Crippen LogP contribution in [0.1, 0.15) is 51.9 Å². The summed E-state index contributed by atoms with van der Waals surface area (Å²) in [6, 6.07) is 0.431. The van der Waals surface area contributed by atoms with Crippen LogP contribution in [0.15, 0.2) is 4.99 Å². The lowest BCUT2D eigenvalue weighted by atomic mass is 9.92. The molecule has 1 aliphatic carbocycles. The molecule has 0 aromatic rings. The second kappa shape index (κ2) is 6.38. The van der Waals surface area contributed by atoms with E-state index in [4.69, 9.17) is 15.6 Å². The van der Waals surface area contributed by atoms with Crippen LogP contribution < -0.4 is 16.6 Å². The lowest BCUT2D eigenvalue weighted by Crippen LogP contribution is -2.55. The van der Waals surface area contributed by atoms with Crippen molar-refractivity contribution in [1.82, 2.24) is 10.7 Å². The van der Waals surface area contributed by atoms with Gasteiger partial charge in [0, 0.05) is 18.8 Å². The van der Waals surface area contributed by atoms with Gasteiger partial charge in [-0.25, -0.2) is 10.8 Å². The SMILES string of the molecule is CC1(NC(=NC2CCCCC2)NN)CCOCC1. The van der Waals surface area contributed by atoms with Crippen molar-refractivity contribution in [3.63, 3.8) is 0 Å². The van der Waals surface area contributed by atoms with E-state index in [0.29, 0.717) is 6.04 Å². The summed E-state index contributed by atoms with van der Waals surface area (Å²) < 4.78 is 5.40. The Balaban J connectivity index is 1.92. The summed E-state index contributed by atoms with van der Waals surface area (Å²) in [5.74, 6) is 6.33. The van der Waals surface area contributed by atoms with Crippen LogP contribution in [0.4, 0.5) is 0 Å². The zero-order valence-corrected chi connectivity index (χ0v) is 11.4. The Kier molecular flexibility index (Phi) is 4.83. The van der Waals surface area contributed by atoms with E-state index in [1.54, 1.807) is 0 Å². The minimum absolute atomic E-state index is 0.0537. The van der Waals surface area contributed by atoms with Crippen molar-refractivity contribution in [3.8, 4) is 0 Å². The van der Waals surface area contributed by atoms with Crippen LogP contribution in [0.2, 0.25) is 0 Å². The second-order valence-electron chi connectivity index (χ2n) is 5.71. The molecule has 0 unspecified atom stereocenters. The highest BCUT2D eigenvalue weighted by Gasteiger charge is 2.28. The first-order valence-corrected chi connectivity index (χ1v) is 7.12. The molecule has 104 valence electrons. The molecule has 0 bridgehead atoms. The van der Waals surface area contributed by atoms with Crippen molar-refractivity contribution < 1.29 is 4.74 Å². The number of nitrogens with two attached hydrogens (primary N) is 1. The van der Waals surface area contributed by atoms with Gasteiger partial charge < -0.3 is 10.1 Å². The first kappa shape index (κ1) is 13.6. The number of hydrogen-bond acceptors (Lipinski definition) is 3. The van der Waals surface area contributed by atoms with E-state index in [0.717, 1.165) is 32.0 Å². The molecule has 0 amide bonds. The summed E-state index contributed by atoms with van der Waals surface area (Å²) in [5.41, 5.74) is 2.77. The molecular weight excluding hydrogens is 228 g/mol. The standard InChI is InChI=1S/C13H26N4O/c1-13(7-9-18-10-8-13)16-12(17-14)15-11-5-3-2-4-6-11/h11H,2-10,14H2,1H3,(H2,15,16,17). The summed E-state index contributed by atoms with van der Waals surface area (Å²) in [4.78, 5) is 4.72. The van der Waals surface area contributed by atoms with Crippen molar-refractivity contribution in [2.75, 3.05) is 13.2 Å². The normalized spacial score (nSPS) is 25.8. The van der Waals surface area contributed by atoms with E-state index in [-0.39, 0.29) is 5.54 Å². The second-order valence-corrected chi connectivity index (χ2v) is 5.71. The lowest BCUT2D eigenvalue weighted by molar-refractivity contribution is 0.0520. The van der Waals surface area contributed by atoms with E-state index < -0.39 is 0 Å². The van der Waals surface area contributed by atoms with Gasteiger partial charge in [-0.05, 0) is 32.6 Å². The van der Waals surface area contributed by atoms with Gasteiger partial charge in [0.2, 0.25) is 5.96 Å². The highest BCUT2D eigenvalue weighted by molar-refractivity contribution is 5.80. The largest absolute Gasteiger partial charge is 0.381 e. The molecule has 0 aromatic carbocycles. The molecule has 1 saturated heterocycles. The number of nitrogens with one attached hydrogen (secondary N) is 2. The van der Waals surface area contributed by atoms with Gasteiger partial charge in [-0.3, -0.25) is 5.43 Å². The van der Waals surface area contributed by atoms with Gasteiger partial charge in [0.1, 0.15) is 0 Å². The van der Waals surface area contributed by atoms with Crippen LogP contribution in [-0.2, 0) is 4.74 Å². The van der Waals surface area contributed by atoms with Crippen molar-refractivity contribution in [1.29, 1.82) is 0 Å². The van der Waals surface area contributed by atoms with Crippen LogP contribution in [0.3, 0.4) is 0 Å². The molecule has 4 N–H and O–H groups in total. The highest BCUT2D eigenvalue weighted by atomic mass is 16.5. The van der Waals surface area contributed by atoms with Crippen LogP contribution in [0.5, 0.6) is 0 Å². The predicted molar refractivity (Wildman–Crippen MR) is 73.2 cm³/mol. The Hall–Kier alpha value is -0.810. The molecule has 5 nitrogen and oxygen atoms in total. The monoisotopic (exact) mass is 254 g/mol. The molecule has 2 aliphatic rings. The number of guanidine groups is 1. The fraction of sp³-hybridized carbons (Fsp3) is 0.923. The van der Waals surface area contributed by atoms with Crippen LogP contribution in [0, 0.1) is 0 Å². The van der Waals surface area contributed by atoms with Gasteiger partial charge >= 0.3 is 0 Å². The quantitative estimate of drug-likeness (QED) is 0.300. The van der Waals surface area contributed by atoms with E-state index >= 15 is 0 Å². The Morgan fingerprint density at radius 3 is 2.50 bits per heavy atom. The molecule has 1 heterocycles. The Bertz CT molecular complexity index is 281. The van der Waals surface area contributed by atoms with Crippen LogP contribution >= 0.6 is 0 Å². The first-order chi connectivity index (χ1) is 8.72. The van der Waals surface area contributed by atoms with Gasteiger partial charge in [0.05, 0.1) is 6.04 Å². The summed E-state index contributed by atoms with van der Waals surface area (Å²) in [6.45, 7) is 3.83. The average Bonchev–Trinajstić information content (AvgIpc) is 2.40. The molecule has 1 aliphatic heterocycles. The Morgan fingerprint density at radius 2 is 1.89 bits per heavy atom. The summed E-state index contributed by atoms with van der Waals surface area (Å²) in [5, 5.41) is 3.46. The minimum Gasteiger partial charge on any atom is -0.381 e. The van der Waals surface area contributed by atoms with Gasteiger partial charge in [-0.1, -0.05) is 19.3 Å². The number of ether oxygens (including phenoxy) is 1. The minimum atomic E-state index is 0.0537. The van der Waals surface area contributed by atoms with Crippen LogP contribution in [-0.4, -0.2) is 30.8 Å². The molecule has 5 heteroatoms. The summed E-state index contributed by atoms with van der Waals surface area (Å²) in [7, 11) is 0. The zero-order valence-electron chi connectivity index (χ0n) is 11.4. The van der Waals surface area contributed by atoms with Crippen molar-refractivity contribution in [3.05, 3.63) is 0 Å². The molecule has 2 fully saturated rings. The van der Waals surface area contributed by atoms with Crippen molar-refractivity contribution in [2.45, 2.75) is 63.5 Å². The molecule has 0 atom stereocenters. The third-order valence-corrected chi connectivity index (χ3v) is 4.04. The molecule has 0 aromatic heterocycles. The number of nitrogens with zero attached hydrogens (tertiary/aromatic N) is 1. The average molecular weight is 254 g/mol. The lowest BCUT2D eigenvalue weighted by Gasteiger charge is -2.35. The van der Waals surface area contributed by atoms with E-state index in [2.05, 4.69) is 17.7 Å². The number of hydrogen-bond donors (Lipinski definition) is 3. The number of aliphatic imine (C=N–C) groups is 1. The molecule has 2 rings (SSSR count). The fourth-order valence-electron chi connectivity index (χ4n) is 2.73. The zero-order chi connectivity index (χ0) is 12.8. The molecule has 18 heavy (non-hydrogen) atoms. The maximum atomic E-state index is 5.59. The molecule has 0 spiro atoms. The topological polar surface area (TPSA) is 71.7 Å². The smallest absolute Gasteiger partial charge is 0.206 e. The van der Waals surface area contributed by atoms with Crippen LogP contribution in [0.25, 0.3) is 0 Å². The van der Waals surface area contributed by atoms with E-state index in [1.165, 1.54) is 32.1 Å². The van der Waals surface area contributed by atoms with Gasteiger partial charge in [-0.15, -0.1) is 0 Å². The number of hydrazine groups is 1.